The first-order valence-corrected chi connectivity index (χ1v) is 8.52. The van der Waals surface area contributed by atoms with Crippen molar-refractivity contribution in [1.29, 1.82) is 0 Å². The van der Waals surface area contributed by atoms with Crippen LogP contribution in [0.15, 0.2) is 48.5 Å². The molecule has 1 N–H and O–H groups in total. The first-order chi connectivity index (χ1) is 11.7. The monoisotopic (exact) mass is 326 g/mol. The van der Waals surface area contributed by atoms with Crippen molar-refractivity contribution in [2.24, 2.45) is 0 Å². The standard InChI is InChI=1S/C20H23FN2O/c1-2-15-7-9-17(10-8-15)22-20(24)14-23(18-11-12-18)13-16-5-3-4-6-19(16)21/h3-10,18H,2,11-14H2,1H3,(H,22,24). The number of nitrogens with one attached hydrogen (secondary N) is 1. The number of benzene rings is 2. The van der Waals surface area contributed by atoms with Gasteiger partial charge in [-0.05, 0) is 43.0 Å². The van der Waals surface area contributed by atoms with Crippen LogP contribution in [-0.2, 0) is 17.8 Å². The number of carbonyl (C=O) groups is 1. The van der Waals surface area contributed by atoms with Crippen molar-refractivity contribution in [2.45, 2.75) is 38.8 Å². The Labute approximate surface area is 142 Å². The predicted molar refractivity (Wildman–Crippen MR) is 94.3 cm³/mol. The number of rotatable bonds is 7. The van der Waals surface area contributed by atoms with Gasteiger partial charge in [-0.25, -0.2) is 4.39 Å². The highest BCUT2D eigenvalue weighted by Gasteiger charge is 2.30. The van der Waals surface area contributed by atoms with Crippen LogP contribution in [0.1, 0.15) is 30.9 Å². The van der Waals surface area contributed by atoms with Gasteiger partial charge in [-0.1, -0.05) is 37.3 Å². The molecule has 0 bridgehead atoms. The highest BCUT2D eigenvalue weighted by atomic mass is 19.1. The summed E-state index contributed by atoms with van der Waals surface area (Å²) in [4.78, 5) is 14.4. The highest BCUT2D eigenvalue weighted by Crippen LogP contribution is 2.28. The summed E-state index contributed by atoms with van der Waals surface area (Å²) in [5.74, 6) is -0.263. The summed E-state index contributed by atoms with van der Waals surface area (Å²) in [6.07, 6.45) is 3.13. The third-order valence-electron chi connectivity index (χ3n) is 4.39. The first-order valence-electron chi connectivity index (χ1n) is 8.52. The van der Waals surface area contributed by atoms with Crippen LogP contribution in [0.4, 0.5) is 10.1 Å². The van der Waals surface area contributed by atoms with E-state index < -0.39 is 0 Å². The summed E-state index contributed by atoms with van der Waals surface area (Å²) in [5.41, 5.74) is 2.69. The minimum atomic E-state index is -0.210. The number of nitrogens with zero attached hydrogens (tertiary/aromatic N) is 1. The van der Waals surface area contributed by atoms with Crippen LogP contribution in [0, 0.1) is 5.82 Å². The Hall–Kier alpha value is -2.20. The molecular formula is C20H23FN2O. The van der Waals surface area contributed by atoms with Crippen LogP contribution in [0.5, 0.6) is 0 Å². The van der Waals surface area contributed by atoms with Crippen molar-refractivity contribution in [3.63, 3.8) is 0 Å². The van der Waals surface area contributed by atoms with Crippen molar-refractivity contribution in [3.8, 4) is 0 Å². The second-order valence-electron chi connectivity index (χ2n) is 6.33. The average molecular weight is 326 g/mol. The fraction of sp³-hybridized carbons (Fsp3) is 0.350. The van der Waals surface area contributed by atoms with Crippen LogP contribution in [0.2, 0.25) is 0 Å². The molecule has 2 aromatic rings. The van der Waals surface area contributed by atoms with Gasteiger partial charge in [0.15, 0.2) is 0 Å². The quantitative estimate of drug-likeness (QED) is 0.834. The molecule has 1 amide bonds. The van der Waals surface area contributed by atoms with Gasteiger partial charge in [0, 0.05) is 23.8 Å². The smallest absolute Gasteiger partial charge is 0.238 e. The van der Waals surface area contributed by atoms with Crippen molar-refractivity contribution in [3.05, 3.63) is 65.5 Å². The van der Waals surface area contributed by atoms with Crippen LogP contribution in [-0.4, -0.2) is 23.4 Å². The molecule has 0 radical (unpaired) electrons. The van der Waals surface area contributed by atoms with Crippen LogP contribution >= 0.6 is 0 Å². The van der Waals surface area contributed by atoms with E-state index in [2.05, 4.69) is 17.1 Å². The fourth-order valence-corrected chi connectivity index (χ4v) is 2.81. The summed E-state index contributed by atoms with van der Waals surface area (Å²) < 4.78 is 13.9. The van der Waals surface area contributed by atoms with E-state index in [1.165, 1.54) is 11.6 Å². The van der Waals surface area contributed by atoms with Crippen LogP contribution in [0.3, 0.4) is 0 Å². The molecule has 1 aliphatic carbocycles. The Bertz CT molecular complexity index is 695. The van der Waals surface area contributed by atoms with Gasteiger partial charge in [0.2, 0.25) is 5.91 Å². The molecule has 0 unspecified atom stereocenters. The zero-order valence-electron chi connectivity index (χ0n) is 14.0. The molecule has 0 aliphatic heterocycles. The molecule has 1 saturated carbocycles. The summed E-state index contributed by atoms with van der Waals surface area (Å²) in [5, 5.41) is 2.93. The van der Waals surface area contributed by atoms with E-state index in [4.69, 9.17) is 0 Å². The number of anilines is 1. The lowest BCUT2D eigenvalue weighted by Crippen LogP contribution is -2.34. The van der Waals surface area contributed by atoms with E-state index >= 15 is 0 Å². The van der Waals surface area contributed by atoms with Gasteiger partial charge in [-0.15, -0.1) is 0 Å². The first kappa shape index (κ1) is 16.7. The molecule has 126 valence electrons. The number of carbonyl (C=O) groups excluding carboxylic acids is 1. The van der Waals surface area contributed by atoms with Gasteiger partial charge in [-0.3, -0.25) is 9.69 Å². The van der Waals surface area contributed by atoms with E-state index in [1.54, 1.807) is 12.1 Å². The minimum Gasteiger partial charge on any atom is -0.325 e. The molecule has 3 rings (SSSR count). The maximum absolute atomic E-state index is 13.9. The molecule has 24 heavy (non-hydrogen) atoms. The molecule has 1 fully saturated rings. The summed E-state index contributed by atoms with van der Waals surface area (Å²) >= 11 is 0. The zero-order chi connectivity index (χ0) is 16.9. The van der Waals surface area contributed by atoms with Crippen molar-refractivity contribution >= 4 is 11.6 Å². The average Bonchev–Trinajstić information content (AvgIpc) is 3.42. The van der Waals surface area contributed by atoms with Crippen molar-refractivity contribution < 1.29 is 9.18 Å². The lowest BCUT2D eigenvalue weighted by molar-refractivity contribution is -0.117. The summed E-state index contributed by atoms with van der Waals surface area (Å²) in [6, 6.07) is 15.1. The highest BCUT2D eigenvalue weighted by molar-refractivity contribution is 5.92. The largest absolute Gasteiger partial charge is 0.325 e. The zero-order valence-corrected chi connectivity index (χ0v) is 14.0. The number of amides is 1. The molecule has 0 heterocycles. The van der Waals surface area contributed by atoms with Crippen LogP contribution in [0.25, 0.3) is 0 Å². The van der Waals surface area contributed by atoms with Crippen molar-refractivity contribution in [2.75, 3.05) is 11.9 Å². The Morgan fingerprint density at radius 1 is 1.17 bits per heavy atom. The molecular weight excluding hydrogens is 303 g/mol. The SMILES string of the molecule is CCc1ccc(NC(=O)CN(Cc2ccccc2F)C2CC2)cc1. The number of halogens is 1. The Kier molecular flexibility index (Phi) is 5.26. The van der Waals surface area contributed by atoms with Gasteiger partial charge >= 0.3 is 0 Å². The second kappa shape index (κ2) is 7.58. The molecule has 4 heteroatoms. The van der Waals surface area contributed by atoms with E-state index in [-0.39, 0.29) is 18.3 Å². The third-order valence-corrected chi connectivity index (χ3v) is 4.39. The summed E-state index contributed by atoms with van der Waals surface area (Å²) in [6.45, 7) is 2.86. The van der Waals surface area contributed by atoms with Gasteiger partial charge in [0.25, 0.3) is 0 Å². The third kappa shape index (κ3) is 4.42. The normalized spacial score (nSPS) is 14.0. The Morgan fingerprint density at radius 3 is 2.50 bits per heavy atom. The fourth-order valence-electron chi connectivity index (χ4n) is 2.81. The minimum absolute atomic E-state index is 0.0533. The second-order valence-corrected chi connectivity index (χ2v) is 6.33. The lowest BCUT2D eigenvalue weighted by atomic mass is 10.1. The van der Waals surface area contributed by atoms with Crippen molar-refractivity contribution in [1.82, 2.24) is 4.90 Å². The number of hydrogen-bond donors (Lipinski definition) is 1. The lowest BCUT2D eigenvalue weighted by Gasteiger charge is -2.21. The van der Waals surface area contributed by atoms with E-state index in [0.29, 0.717) is 18.2 Å². The molecule has 2 aromatic carbocycles. The van der Waals surface area contributed by atoms with Crippen LogP contribution < -0.4 is 5.32 Å². The van der Waals surface area contributed by atoms with Gasteiger partial charge in [0.05, 0.1) is 6.54 Å². The molecule has 0 saturated heterocycles. The molecule has 0 spiro atoms. The topological polar surface area (TPSA) is 32.3 Å². The van der Waals surface area contributed by atoms with Gasteiger partial charge in [0.1, 0.15) is 5.82 Å². The maximum Gasteiger partial charge on any atom is 0.238 e. The molecule has 1 aliphatic rings. The summed E-state index contributed by atoms with van der Waals surface area (Å²) in [7, 11) is 0. The van der Waals surface area contributed by atoms with E-state index in [9.17, 15) is 9.18 Å². The Morgan fingerprint density at radius 2 is 1.88 bits per heavy atom. The van der Waals surface area contributed by atoms with Gasteiger partial charge in [-0.2, -0.15) is 0 Å². The predicted octanol–water partition coefficient (Wildman–Crippen LogP) is 3.99. The molecule has 3 nitrogen and oxygen atoms in total. The van der Waals surface area contributed by atoms with E-state index in [0.717, 1.165) is 24.9 Å². The number of hydrogen-bond acceptors (Lipinski definition) is 2. The molecule has 0 aromatic heterocycles. The molecule has 0 atom stereocenters. The van der Waals surface area contributed by atoms with E-state index in [1.807, 2.05) is 30.3 Å². The van der Waals surface area contributed by atoms with Gasteiger partial charge < -0.3 is 5.32 Å². The maximum atomic E-state index is 13.9. The Balaban J connectivity index is 1.60. The number of aryl methyl sites for hydroxylation is 1.